The Morgan fingerprint density at radius 3 is 2.70 bits per heavy atom. The van der Waals surface area contributed by atoms with Crippen LogP contribution >= 0.6 is 0 Å². The average Bonchev–Trinajstić information content (AvgIpc) is 2.43. The quantitative estimate of drug-likeness (QED) is 0.677. The topological polar surface area (TPSA) is 75.6 Å². The summed E-state index contributed by atoms with van der Waals surface area (Å²) in [7, 11) is 0. The molecule has 1 amide bonds. The fraction of sp³-hybridized carbons (Fsp3) is 0.467. The Hall–Kier alpha value is -1.88. The maximum atomic E-state index is 11.7. The Labute approximate surface area is 118 Å². The summed E-state index contributed by atoms with van der Waals surface area (Å²) in [6.07, 6.45) is 2.16. The van der Waals surface area contributed by atoms with E-state index in [-0.39, 0.29) is 17.9 Å². The first-order valence-electron chi connectivity index (χ1n) is 6.80. The van der Waals surface area contributed by atoms with Crippen LogP contribution in [0.3, 0.4) is 0 Å². The predicted octanol–water partition coefficient (Wildman–Crippen LogP) is 1.86. The minimum Gasteiger partial charge on any atom is -0.478 e. The van der Waals surface area contributed by atoms with Crippen LogP contribution in [-0.2, 0) is 16.0 Å². The molecule has 0 unspecified atom stereocenters. The van der Waals surface area contributed by atoms with Gasteiger partial charge in [-0.1, -0.05) is 31.5 Å². The van der Waals surface area contributed by atoms with Crippen molar-refractivity contribution in [3.05, 3.63) is 35.4 Å². The number of aromatic carboxylic acids is 1. The lowest BCUT2D eigenvalue weighted by Crippen LogP contribution is -2.29. The van der Waals surface area contributed by atoms with Gasteiger partial charge in [0.05, 0.1) is 18.6 Å². The van der Waals surface area contributed by atoms with E-state index in [4.69, 9.17) is 9.84 Å². The highest BCUT2D eigenvalue weighted by Crippen LogP contribution is 2.09. The zero-order valence-electron chi connectivity index (χ0n) is 11.7. The predicted molar refractivity (Wildman–Crippen MR) is 75.8 cm³/mol. The van der Waals surface area contributed by atoms with Gasteiger partial charge < -0.3 is 15.2 Å². The first-order chi connectivity index (χ1) is 9.65. The normalized spacial score (nSPS) is 10.2. The number of benzene rings is 1. The van der Waals surface area contributed by atoms with Crippen LogP contribution in [0.1, 0.15) is 35.7 Å². The summed E-state index contributed by atoms with van der Waals surface area (Å²) in [6.45, 7) is 3.71. The molecule has 0 atom stereocenters. The maximum Gasteiger partial charge on any atom is 0.335 e. The van der Waals surface area contributed by atoms with Gasteiger partial charge in [-0.05, 0) is 18.1 Å². The van der Waals surface area contributed by atoms with Gasteiger partial charge in [0, 0.05) is 13.2 Å². The van der Waals surface area contributed by atoms with Crippen molar-refractivity contribution < 1.29 is 19.4 Å². The number of carbonyl (C=O) groups is 2. The van der Waals surface area contributed by atoms with Gasteiger partial charge in [-0.15, -0.1) is 0 Å². The molecule has 0 spiro atoms. The van der Waals surface area contributed by atoms with Crippen LogP contribution < -0.4 is 5.32 Å². The highest BCUT2D eigenvalue weighted by atomic mass is 16.5. The van der Waals surface area contributed by atoms with Crippen LogP contribution in [0, 0.1) is 0 Å². The van der Waals surface area contributed by atoms with Crippen LogP contribution in [0.15, 0.2) is 24.3 Å². The molecule has 1 rings (SSSR count). The third-order valence-electron chi connectivity index (χ3n) is 2.81. The molecule has 0 aliphatic carbocycles. The summed E-state index contributed by atoms with van der Waals surface area (Å²) in [5.41, 5.74) is 0.686. The van der Waals surface area contributed by atoms with Crippen molar-refractivity contribution in [1.82, 2.24) is 5.32 Å². The molecule has 0 aromatic heterocycles. The van der Waals surface area contributed by atoms with E-state index in [0.717, 1.165) is 12.8 Å². The zero-order valence-corrected chi connectivity index (χ0v) is 11.7. The first kappa shape index (κ1) is 16.2. The fourth-order valence-electron chi connectivity index (χ4n) is 1.73. The summed E-state index contributed by atoms with van der Waals surface area (Å²) >= 11 is 0. The molecule has 1 aromatic rings. The average molecular weight is 279 g/mol. The van der Waals surface area contributed by atoms with E-state index in [9.17, 15) is 9.59 Å². The molecule has 0 saturated heterocycles. The Morgan fingerprint density at radius 2 is 2.00 bits per heavy atom. The molecule has 20 heavy (non-hydrogen) atoms. The van der Waals surface area contributed by atoms with Gasteiger partial charge >= 0.3 is 5.97 Å². The number of unbranched alkanes of at least 4 members (excludes halogenated alkanes) is 1. The molecule has 0 radical (unpaired) electrons. The summed E-state index contributed by atoms with van der Waals surface area (Å²) < 4.78 is 5.33. The molecule has 1 aromatic carbocycles. The number of hydrogen-bond donors (Lipinski definition) is 2. The number of hydrogen-bond acceptors (Lipinski definition) is 3. The van der Waals surface area contributed by atoms with E-state index in [0.29, 0.717) is 25.3 Å². The molecule has 2 N–H and O–H groups in total. The number of ether oxygens (including phenoxy) is 1. The van der Waals surface area contributed by atoms with Gasteiger partial charge in [0.25, 0.3) is 0 Å². The fourth-order valence-corrected chi connectivity index (χ4v) is 1.73. The smallest absolute Gasteiger partial charge is 0.335 e. The van der Waals surface area contributed by atoms with Gasteiger partial charge in [0.1, 0.15) is 0 Å². The van der Waals surface area contributed by atoms with Gasteiger partial charge in [-0.3, -0.25) is 4.79 Å². The lowest BCUT2D eigenvalue weighted by Gasteiger charge is -2.08. The van der Waals surface area contributed by atoms with Gasteiger partial charge in [0.15, 0.2) is 0 Å². The van der Waals surface area contributed by atoms with Crippen molar-refractivity contribution >= 4 is 11.9 Å². The second kappa shape index (κ2) is 9.09. The van der Waals surface area contributed by atoms with Crippen molar-refractivity contribution in [2.45, 2.75) is 26.2 Å². The van der Waals surface area contributed by atoms with E-state index in [1.165, 1.54) is 6.07 Å². The highest BCUT2D eigenvalue weighted by Gasteiger charge is 2.11. The van der Waals surface area contributed by atoms with Crippen LogP contribution in [0.2, 0.25) is 0 Å². The molecule has 0 aliphatic heterocycles. The molecule has 110 valence electrons. The largest absolute Gasteiger partial charge is 0.478 e. The van der Waals surface area contributed by atoms with Crippen LogP contribution in [0.25, 0.3) is 0 Å². The molecule has 0 saturated carbocycles. The van der Waals surface area contributed by atoms with Gasteiger partial charge in [0.2, 0.25) is 5.91 Å². The molecular formula is C15H21NO4. The molecule has 0 heterocycles. The Balaban J connectivity index is 2.34. The molecule has 0 fully saturated rings. The Morgan fingerprint density at radius 1 is 1.25 bits per heavy atom. The lowest BCUT2D eigenvalue weighted by atomic mass is 10.0. The number of carbonyl (C=O) groups excluding carboxylic acids is 1. The van der Waals surface area contributed by atoms with Crippen molar-refractivity contribution in [2.24, 2.45) is 0 Å². The van der Waals surface area contributed by atoms with E-state index < -0.39 is 5.97 Å². The van der Waals surface area contributed by atoms with Crippen molar-refractivity contribution in [1.29, 1.82) is 0 Å². The lowest BCUT2D eigenvalue weighted by molar-refractivity contribution is -0.120. The van der Waals surface area contributed by atoms with E-state index in [1.54, 1.807) is 18.2 Å². The minimum atomic E-state index is -1.02. The van der Waals surface area contributed by atoms with Crippen LogP contribution in [0.5, 0.6) is 0 Å². The second-order valence-electron chi connectivity index (χ2n) is 4.45. The maximum absolute atomic E-state index is 11.7. The molecular weight excluding hydrogens is 258 g/mol. The monoisotopic (exact) mass is 279 g/mol. The number of carboxylic acid groups (broad SMARTS) is 1. The second-order valence-corrected chi connectivity index (χ2v) is 4.45. The van der Waals surface area contributed by atoms with Crippen molar-refractivity contribution in [2.75, 3.05) is 19.8 Å². The van der Waals surface area contributed by atoms with Crippen molar-refractivity contribution in [3.8, 4) is 0 Å². The third-order valence-corrected chi connectivity index (χ3v) is 2.81. The first-order valence-corrected chi connectivity index (χ1v) is 6.80. The van der Waals surface area contributed by atoms with Gasteiger partial charge in [-0.25, -0.2) is 4.79 Å². The molecule has 5 nitrogen and oxygen atoms in total. The number of carboxylic acids is 1. The molecule has 0 bridgehead atoms. The standard InChI is InChI=1S/C15H21NO4/c1-2-3-9-20-10-8-16-14(17)11-12-6-4-5-7-13(12)15(18)19/h4-7H,2-3,8-11H2,1H3,(H,16,17)(H,18,19). The highest BCUT2D eigenvalue weighted by molar-refractivity contribution is 5.91. The zero-order chi connectivity index (χ0) is 14.8. The van der Waals surface area contributed by atoms with Gasteiger partial charge in [-0.2, -0.15) is 0 Å². The number of amides is 1. The summed E-state index contributed by atoms with van der Waals surface area (Å²) in [5.74, 6) is -1.21. The Kier molecular flexibility index (Phi) is 7.35. The van der Waals surface area contributed by atoms with E-state index in [2.05, 4.69) is 12.2 Å². The van der Waals surface area contributed by atoms with E-state index in [1.807, 2.05) is 0 Å². The summed E-state index contributed by atoms with van der Waals surface area (Å²) in [4.78, 5) is 22.7. The molecule has 5 heteroatoms. The number of nitrogens with one attached hydrogen (secondary N) is 1. The molecule has 0 aliphatic rings. The summed E-state index contributed by atoms with van der Waals surface area (Å²) in [6, 6.07) is 6.52. The van der Waals surface area contributed by atoms with Crippen LogP contribution in [0.4, 0.5) is 0 Å². The minimum absolute atomic E-state index is 0.0669. The Bertz CT molecular complexity index is 445. The SMILES string of the molecule is CCCCOCCNC(=O)Cc1ccccc1C(=O)O. The third kappa shape index (κ3) is 5.84. The van der Waals surface area contributed by atoms with Crippen LogP contribution in [-0.4, -0.2) is 36.7 Å². The van der Waals surface area contributed by atoms with Crippen molar-refractivity contribution in [3.63, 3.8) is 0 Å². The van der Waals surface area contributed by atoms with E-state index >= 15 is 0 Å². The number of rotatable bonds is 9. The summed E-state index contributed by atoms with van der Waals surface area (Å²) in [5, 5.41) is 11.7.